The molecule has 0 saturated carbocycles. The van der Waals surface area contributed by atoms with Gasteiger partial charge in [0.25, 0.3) is 0 Å². The first-order valence-electron chi connectivity index (χ1n) is 3.31. The van der Waals surface area contributed by atoms with Crippen LogP contribution in [0, 0.1) is 0 Å². The standard InChI is InChI=1S/C8H15NO/c1-6(7(2)10)9-8(3,4)5/h9H,1H2,2-5H3. The Labute approximate surface area is 62.3 Å². The van der Waals surface area contributed by atoms with Gasteiger partial charge in [-0.3, -0.25) is 4.79 Å². The maximum atomic E-state index is 10.7. The second-order valence-corrected chi connectivity index (χ2v) is 3.41. The van der Waals surface area contributed by atoms with Crippen LogP contribution in [-0.4, -0.2) is 11.3 Å². The Morgan fingerprint density at radius 2 is 1.80 bits per heavy atom. The van der Waals surface area contributed by atoms with Crippen molar-refractivity contribution < 1.29 is 4.79 Å². The summed E-state index contributed by atoms with van der Waals surface area (Å²) in [5, 5.41) is 2.97. The first-order chi connectivity index (χ1) is 4.33. The SMILES string of the molecule is C=C(NC(C)(C)C)C(C)=O. The fraction of sp³-hybridized carbons (Fsp3) is 0.625. The number of ketones is 1. The highest BCUT2D eigenvalue weighted by Gasteiger charge is 2.11. The molecule has 0 unspecified atom stereocenters. The molecular formula is C8H15NO. The van der Waals surface area contributed by atoms with Gasteiger partial charge in [0.2, 0.25) is 0 Å². The number of nitrogens with one attached hydrogen (secondary N) is 1. The van der Waals surface area contributed by atoms with E-state index in [4.69, 9.17) is 0 Å². The Morgan fingerprint density at radius 3 is 1.90 bits per heavy atom. The smallest absolute Gasteiger partial charge is 0.174 e. The van der Waals surface area contributed by atoms with Crippen molar-refractivity contribution in [1.29, 1.82) is 0 Å². The largest absolute Gasteiger partial charge is 0.378 e. The average Bonchev–Trinajstić information content (AvgIpc) is 1.60. The average molecular weight is 141 g/mol. The zero-order valence-electron chi connectivity index (χ0n) is 7.12. The van der Waals surface area contributed by atoms with E-state index in [2.05, 4.69) is 11.9 Å². The molecule has 0 heterocycles. The maximum Gasteiger partial charge on any atom is 0.174 e. The Kier molecular flexibility index (Phi) is 2.64. The van der Waals surface area contributed by atoms with Crippen molar-refractivity contribution in [3.63, 3.8) is 0 Å². The molecule has 0 spiro atoms. The van der Waals surface area contributed by atoms with Gasteiger partial charge < -0.3 is 5.32 Å². The molecule has 2 heteroatoms. The van der Waals surface area contributed by atoms with Gasteiger partial charge in [0, 0.05) is 12.5 Å². The summed E-state index contributed by atoms with van der Waals surface area (Å²) < 4.78 is 0. The molecule has 0 aliphatic carbocycles. The molecule has 0 bridgehead atoms. The van der Waals surface area contributed by atoms with E-state index in [0.717, 1.165) is 0 Å². The highest BCUT2D eigenvalue weighted by atomic mass is 16.1. The number of carbonyl (C=O) groups excluding carboxylic acids is 1. The lowest BCUT2D eigenvalue weighted by molar-refractivity contribution is -0.114. The van der Waals surface area contributed by atoms with E-state index in [-0.39, 0.29) is 11.3 Å². The van der Waals surface area contributed by atoms with E-state index in [0.29, 0.717) is 5.70 Å². The minimum Gasteiger partial charge on any atom is -0.378 e. The summed E-state index contributed by atoms with van der Waals surface area (Å²) in [5.74, 6) is -0.00470. The third kappa shape index (κ3) is 4.13. The molecule has 0 saturated heterocycles. The van der Waals surface area contributed by atoms with Crippen molar-refractivity contribution in [3.05, 3.63) is 12.3 Å². The van der Waals surface area contributed by atoms with E-state index < -0.39 is 0 Å². The Bertz CT molecular complexity index is 153. The molecule has 0 aliphatic heterocycles. The summed E-state index contributed by atoms with van der Waals surface area (Å²) in [4.78, 5) is 10.7. The molecule has 0 aromatic rings. The molecular weight excluding hydrogens is 126 g/mol. The van der Waals surface area contributed by atoms with Crippen molar-refractivity contribution in [2.75, 3.05) is 0 Å². The van der Waals surface area contributed by atoms with Gasteiger partial charge in [-0.05, 0) is 20.8 Å². The van der Waals surface area contributed by atoms with Crippen LogP contribution in [0.25, 0.3) is 0 Å². The van der Waals surface area contributed by atoms with Crippen LogP contribution in [0.5, 0.6) is 0 Å². The van der Waals surface area contributed by atoms with Crippen LogP contribution in [-0.2, 0) is 4.79 Å². The van der Waals surface area contributed by atoms with Gasteiger partial charge in [0.15, 0.2) is 5.78 Å². The lowest BCUT2D eigenvalue weighted by Crippen LogP contribution is -2.36. The quantitative estimate of drug-likeness (QED) is 0.590. The molecule has 58 valence electrons. The zero-order chi connectivity index (χ0) is 8.36. The molecule has 2 nitrogen and oxygen atoms in total. The molecule has 0 aromatic heterocycles. The van der Waals surface area contributed by atoms with Crippen LogP contribution in [0.3, 0.4) is 0 Å². The fourth-order valence-corrected chi connectivity index (χ4v) is 0.541. The molecule has 0 radical (unpaired) electrons. The summed E-state index contributed by atoms with van der Waals surface area (Å²) >= 11 is 0. The Hall–Kier alpha value is -0.790. The second kappa shape index (κ2) is 2.86. The summed E-state index contributed by atoms with van der Waals surface area (Å²) in [6, 6.07) is 0. The predicted octanol–water partition coefficient (Wildman–Crippen LogP) is 1.48. The van der Waals surface area contributed by atoms with Crippen LogP contribution < -0.4 is 5.32 Å². The lowest BCUT2D eigenvalue weighted by Gasteiger charge is -2.22. The van der Waals surface area contributed by atoms with E-state index in [1.807, 2.05) is 20.8 Å². The zero-order valence-corrected chi connectivity index (χ0v) is 7.12. The van der Waals surface area contributed by atoms with Gasteiger partial charge in [0.1, 0.15) is 0 Å². The van der Waals surface area contributed by atoms with E-state index in [1.165, 1.54) is 6.92 Å². The highest BCUT2D eigenvalue weighted by molar-refractivity contribution is 5.92. The fourth-order valence-electron chi connectivity index (χ4n) is 0.541. The number of carbonyl (C=O) groups is 1. The monoisotopic (exact) mass is 141 g/mol. The summed E-state index contributed by atoms with van der Waals surface area (Å²) in [6.07, 6.45) is 0. The Balaban J connectivity index is 3.93. The molecule has 0 fully saturated rings. The molecule has 10 heavy (non-hydrogen) atoms. The van der Waals surface area contributed by atoms with Gasteiger partial charge in [0.05, 0.1) is 5.70 Å². The van der Waals surface area contributed by atoms with Gasteiger partial charge in [-0.15, -0.1) is 0 Å². The van der Waals surface area contributed by atoms with Gasteiger partial charge in [-0.25, -0.2) is 0 Å². The second-order valence-electron chi connectivity index (χ2n) is 3.41. The normalized spacial score (nSPS) is 10.8. The Morgan fingerprint density at radius 1 is 1.40 bits per heavy atom. The van der Waals surface area contributed by atoms with Crippen LogP contribution in [0.2, 0.25) is 0 Å². The lowest BCUT2D eigenvalue weighted by atomic mass is 10.1. The molecule has 0 aromatic carbocycles. The summed E-state index contributed by atoms with van der Waals surface area (Å²) in [7, 11) is 0. The van der Waals surface area contributed by atoms with Crippen molar-refractivity contribution >= 4 is 5.78 Å². The van der Waals surface area contributed by atoms with Crippen LogP contribution in [0.4, 0.5) is 0 Å². The first-order valence-corrected chi connectivity index (χ1v) is 3.31. The third-order valence-corrected chi connectivity index (χ3v) is 0.951. The topological polar surface area (TPSA) is 29.1 Å². The minimum atomic E-state index is -0.0667. The van der Waals surface area contributed by atoms with Crippen molar-refractivity contribution in [3.8, 4) is 0 Å². The van der Waals surface area contributed by atoms with Gasteiger partial charge in [-0.2, -0.15) is 0 Å². The van der Waals surface area contributed by atoms with E-state index in [9.17, 15) is 4.79 Å². The predicted molar refractivity (Wildman–Crippen MR) is 42.7 cm³/mol. The van der Waals surface area contributed by atoms with Gasteiger partial charge in [-0.1, -0.05) is 6.58 Å². The van der Waals surface area contributed by atoms with Crippen LogP contribution in [0.1, 0.15) is 27.7 Å². The molecule has 0 amide bonds. The number of Topliss-reactive ketones (excluding diaryl/α,β-unsaturated/α-hetero) is 1. The van der Waals surface area contributed by atoms with E-state index >= 15 is 0 Å². The summed E-state index contributed by atoms with van der Waals surface area (Å²) in [5.41, 5.74) is 0.412. The van der Waals surface area contributed by atoms with E-state index in [1.54, 1.807) is 0 Å². The first kappa shape index (κ1) is 9.21. The molecule has 0 atom stereocenters. The number of rotatable bonds is 2. The van der Waals surface area contributed by atoms with Crippen LogP contribution >= 0.6 is 0 Å². The minimum absolute atomic E-state index is 0.00470. The van der Waals surface area contributed by atoms with Crippen LogP contribution in [0.15, 0.2) is 12.3 Å². The summed E-state index contributed by atoms with van der Waals surface area (Å²) in [6.45, 7) is 11.0. The van der Waals surface area contributed by atoms with Crippen molar-refractivity contribution in [2.24, 2.45) is 0 Å². The molecule has 0 aliphatic rings. The van der Waals surface area contributed by atoms with Crippen molar-refractivity contribution in [2.45, 2.75) is 33.2 Å². The number of allylic oxidation sites excluding steroid dienone is 1. The highest BCUT2D eigenvalue weighted by Crippen LogP contribution is 2.02. The molecule has 0 rings (SSSR count). The maximum absolute atomic E-state index is 10.7. The van der Waals surface area contributed by atoms with Gasteiger partial charge >= 0.3 is 0 Å². The third-order valence-electron chi connectivity index (χ3n) is 0.951. The molecule has 1 N–H and O–H groups in total. The van der Waals surface area contributed by atoms with Crippen molar-refractivity contribution in [1.82, 2.24) is 5.32 Å². The number of hydrogen-bond donors (Lipinski definition) is 1. The number of hydrogen-bond acceptors (Lipinski definition) is 2.